The van der Waals surface area contributed by atoms with Gasteiger partial charge in [-0.1, -0.05) is 0 Å². The average molecular weight is 355 g/mol. The number of hydrogen-bond donors (Lipinski definition) is 3. The van der Waals surface area contributed by atoms with Gasteiger partial charge in [0.25, 0.3) is 5.56 Å². The Hall–Kier alpha value is -1.38. The van der Waals surface area contributed by atoms with Crippen LogP contribution in [0.3, 0.4) is 0 Å². The molecule has 0 aliphatic carbocycles. The van der Waals surface area contributed by atoms with Crippen LogP contribution in [0.15, 0.2) is 4.79 Å². The lowest BCUT2D eigenvalue weighted by molar-refractivity contribution is -0.120. The molecule has 0 aliphatic rings. The molecule has 0 saturated heterocycles. The Kier molecular flexibility index (Phi) is 5.83. The summed E-state index contributed by atoms with van der Waals surface area (Å²) in [5.74, 6) is 0.885. The third kappa shape index (κ3) is 4.33. The summed E-state index contributed by atoms with van der Waals surface area (Å²) in [6.45, 7) is 7.54. The maximum atomic E-state index is 12.2. The molecule has 0 saturated carbocycles. The van der Waals surface area contributed by atoms with Gasteiger partial charge < -0.3 is 15.4 Å². The number of nitrogens with zero attached hydrogens (tertiary/aromatic N) is 1. The average Bonchev–Trinajstić information content (AvgIpc) is 2.77. The second kappa shape index (κ2) is 7.46. The van der Waals surface area contributed by atoms with Crippen LogP contribution in [0.5, 0.6) is 0 Å². The molecule has 2 aromatic heterocycles. The smallest absolute Gasteiger partial charge is 0.259 e. The highest BCUT2D eigenvalue weighted by molar-refractivity contribution is 7.99. The van der Waals surface area contributed by atoms with Gasteiger partial charge >= 0.3 is 0 Å². The summed E-state index contributed by atoms with van der Waals surface area (Å²) in [6.07, 6.45) is -0.568. The maximum Gasteiger partial charge on any atom is 0.259 e. The SMILES string of the molecule is Cc1sc2nc(CSC(C)C(=O)NCC(C)O)[nH]c(=O)c2c1C. The van der Waals surface area contributed by atoms with Gasteiger partial charge in [-0.2, -0.15) is 0 Å². The molecule has 23 heavy (non-hydrogen) atoms. The second-order valence-corrected chi connectivity index (χ2v) is 8.06. The number of carbonyl (C=O) groups is 1. The van der Waals surface area contributed by atoms with Crippen LogP contribution < -0.4 is 10.9 Å². The van der Waals surface area contributed by atoms with Crippen molar-refractivity contribution < 1.29 is 9.90 Å². The number of aromatic nitrogens is 2. The number of amides is 1. The van der Waals surface area contributed by atoms with Crippen LogP contribution in [0.1, 0.15) is 30.1 Å². The Balaban J connectivity index is 2.05. The van der Waals surface area contributed by atoms with Crippen molar-refractivity contribution >= 4 is 39.2 Å². The first-order chi connectivity index (χ1) is 10.8. The molecule has 126 valence electrons. The second-order valence-electron chi connectivity index (χ2n) is 5.52. The van der Waals surface area contributed by atoms with Crippen LogP contribution >= 0.6 is 23.1 Å². The van der Waals surface area contributed by atoms with E-state index >= 15 is 0 Å². The Morgan fingerprint density at radius 2 is 2.13 bits per heavy atom. The minimum Gasteiger partial charge on any atom is -0.392 e. The molecule has 1 amide bonds. The number of carbonyl (C=O) groups excluding carboxylic acids is 1. The molecule has 2 aromatic rings. The quantitative estimate of drug-likeness (QED) is 0.733. The minimum atomic E-state index is -0.568. The molecular weight excluding hydrogens is 334 g/mol. The number of fused-ring (bicyclic) bond motifs is 1. The Morgan fingerprint density at radius 3 is 2.78 bits per heavy atom. The zero-order chi connectivity index (χ0) is 17.1. The zero-order valence-electron chi connectivity index (χ0n) is 13.6. The predicted molar refractivity (Wildman–Crippen MR) is 95.2 cm³/mol. The van der Waals surface area contributed by atoms with E-state index in [9.17, 15) is 14.7 Å². The van der Waals surface area contributed by atoms with E-state index in [0.717, 1.165) is 15.3 Å². The van der Waals surface area contributed by atoms with E-state index in [4.69, 9.17) is 0 Å². The molecule has 0 aliphatic heterocycles. The standard InChI is InChI=1S/C15H21N3O3S2/c1-7(19)5-16-13(20)10(4)22-6-11-17-14(21)12-8(2)9(3)23-15(12)18-11/h7,10,19H,5-6H2,1-4H3,(H,16,20)(H,17,18,21). The lowest BCUT2D eigenvalue weighted by Gasteiger charge is -2.12. The van der Waals surface area contributed by atoms with E-state index < -0.39 is 6.10 Å². The number of aliphatic hydroxyl groups is 1. The van der Waals surface area contributed by atoms with Crippen molar-refractivity contribution in [3.8, 4) is 0 Å². The molecule has 2 atom stereocenters. The lowest BCUT2D eigenvalue weighted by atomic mass is 10.2. The van der Waals surface area contributed by atoms with E-state index in [1.54, 1.807) is 13.8 Å². The normalized spacial score (nSPS) is 14.0. The molecule has 0 bridgehead atoms. The molecule has 2 rings (SSSR count). The molecular formula is C15H21N3O3S2. The zero-order valence-corrected chi connectivity index (χ0v) is 15.2. The highest BCUT2D eigenvalue weighted by atomic mass is 32.2. The number of rotatable bonds is 6. The van der Waals surface area contributed by atoms with Gasteiger partial charge in [0, 0.05) is 11.4 Å². The molecule has 0 fully saturated rings. The first kappa shape index (κ1) is 18.0. The monoisotopic (exact) mass is 355 g/mol. The van der Waals surface area contributed by atoms with Crippen LogP contribution in [-0.4, -0.2) is 38.9 Å². The van der Waals surface area contributed by atoms with Gasteiger partial charge in [0.15, 0.2) is 0 Å². The first-order valence-electron chi connectivity index (χ1n) is 7.36. The summed E-state index contributed by atoms with van der Waals surface area (Å²) >= 11 is 2.91. The fourth-order valence-electron chi connectivity index (χ4n) is 2.04. The number of aromatic amines is 1. The summed E-state index contributed by atoms with van der Waals surface area (Å²) in [4.78, 5) is 33.2. The van der Waals surface area contributed by atoms with Crippen molar-refractivity contribution in [1.29, 1.82) is 0 Å². The van der Waals surface area contributed by atoms with Gasteiger partial charge in [0.2, 0.25) is 5.91 Å². The topological polar surface area (TPSA) is 95.1 Å². The van der Waals surface area contributed by atoms with Gasteiger partial charge in [-0.15, -0.1) is 23.1 Å². The van der Waals surface area contributed by atoms with Crippen LogP contribution in [0.2, 0.25) is 0 Å². The van der Waals surface area contributed by atoms with E-state index in [2.05, 4.69) is 15.3 Å². The van der Waals surface area contributed by atoms with E-state index in [0.29, 0.717) is 17.0 Å². The van der Waals surface area contributed by atoms with Gasteiger partial charge in [0.1, 0.15) is 10.7 Å². The maximum absolute atomic E-state index is 12.2. The van der Waals surface area contributed by atoms with Gasteiger partial charge in [-0.3, -0.25) is 9.59 Å². The van der Waals surface area contributed by atoms with Crippen LogP contribution in [0.25, 0.3) is 10.2 Å². The van der Waals surface area contributed by atoms with E-state index in [1.807, 2.05) is 13.8 Å². The van der Waals surface area contributed by atoms with Gasteiger partial charge in [-0.05, 0) is 33.3 Å². The van der Waals surface area contributed by atoms with Crippen molar-refractivity contribution in [3.05, 3.63) is 26.6 Å². The van der Waals surface area contributed by atoms with Crippen molar-refractivity contribution in [2.24, 2.45) is 0 Å². The summed E-state index contributed by atoms with van der Waals surface area (Å²) in [7, 11) is 0. The van der Waals surface area contributed by atoms with Gasteiger partial charge in [0.05, 0.1) is 22.5 Å². The molecule has 2 heterocycles. The number of nitrogens with one attached hydrogen (secondary N) is 2. The largest absolute Gasteiger partial charge is 0.392 e. The molecule has 0 aromatic carbocycles. The first-order valence-corrected chi connectivity index (χ1v) is 9.22. The van der Waals surface area contributed by atoms with Crippen LogP contribution in [0.4, 0.5) is 0 Å². The number of aryl methyl sites for hydroxylation is 2. The molecule has 0 spiro atoms. The number of thioether (sulfide) groups is 1. The number of aliphatic hydroxyl groups excluding tert-OH is 1. The molecule has 3 N–H and O–H groups in total. The number of H-pyrrole nitrogens is 1. The third-order valence-corrected chi connectivity index (χ3v) is 5.75. The van der Waals surface area contributed by atoms with Gasteiger partial charge in [-0.25, -0.2) is 4.98 Å². The predicted octanol–water partition coefficient (Wildman–Crippen LogP) is 1.72. The van der Waals surface area contributed by atoms with E-state index in [1.165, 1.54) is 23.1 Å². The Bertz CT molecular complexity index is 767. The van der Waals surface area contributed by atoms with Crippen LogP contribution in [-0.2, 0) is 10.5 Å². The third-order valence-electron chi connectivity index (χ3n) is 3.50. The van der Waals surface area contributed by atoms with Crippen molar-refractivity contribution in [3.63, 3.8) is 0 Å². The summed E-state index contributed by atoms with van der Waals surface area (Å²) in [5.41, 5.74) is 0.850. The fraction of sp³-hybridized carbons (Fsp3) is 0.533. The summed E-state index contributed by atoms with van der Waals surface area (Å²) < 4.78 is 0. The fourth-order valence-corrected chi connectivity index (χ4v) is 3.87. The molecule has 8 heteroatoms. The van der Waals surface area contributed by atoms with Crippen LogP contribution in [0, 0.1) is 13.8 Å². The summed E-state index contributed by atoms with van der Waals surface area (Å²) in [5, 5.41) is 12.2. The minimum absolute atomic E-state index is 0.126. The van der Waals surface area contributed by atoms with Crippen molar-refractivity contribution in [2.75, 3.05) is 6.54 Å². The van der Waals surface area contributed by atoms with Crippen molar-refractivity contribution in [2.45, 2.75) is 44.8 Å². The highest BCUT2D eigenvalue weighted by Crippen LogP contribution is 2.26. The number of hydrogen-bond acceptors (Lipinski definition) is 6. The molecule has 6 nitrogen and oxygen atoms in total. The lowest BCUT2D eigenvalue weighted by Crippen LogP contribution is -2.35. The Labute approximate surface area is 142 Å². The highest BCUT2D eigenvalue weighted by Gasteiger charge is 2.16. The van der Waals surface area contributed by atoms with Crippen molar-refractivity contribution in [1.82, 2.24) is 15.3 Å². The molecule has 0 radical (unpaired) electrons. The molecule has 2 unspecified atom stereocenters. The number of thiophene rings is 1. The Morgan fingerprint density at radius 1 is 1.43 bits per heavy atom. The summed E-state index contributed by atoms with van der Waals surface area (Å²) in [6, 6.07) is 0. The van der Waals surface area contributed by atoms with E-state index in [-0.39, 0.29) is 23.3 Å².